The molecule has 0 fully saturated rings. The van der Waals surface area contributed by atoms with Crippen LogP contribution in [0.2, 0.25) is 0 Å². The van der Waals surface area contributed by atoms with E-state index in [2.05, 4.69) is 5.16 Å². The molecule has 1 aromatic carbocycles. The molecule has 0 aliphatic rings. The van der Waals surface area contributed by atoms with Crippen molar-refractivity contribution in [3.63, 3.8) is 0 Å². The summed E-state index contributed by atoms with van der Waals surface area (Å²) in [4.78, 5) is 16.0. The fraction of sp³-hybridized carbons (Fsp3) is 0.467. The topological polar surface area (TPSA) is 57.1 Å². The minimum Gasteiger partial charge on any atom is -0.494 e. The Morgan fingerprint density at radius 2 is 1.90 bits per heavy atom. The SMILES string of the molecule is CCO/N=C/c1ccc(OCCCC(=O)OCC)cc1.Cl. The zero-order valence-electron chi connectivity index (χ0n) is 12.4. The molecule has 0 N–H and O–H groups in total. The molecule has 5 nitrogen and oxygen atoms in total. The third-order valence-electron chi connectivity index (χ3n) is 2.38. The first-order valence-corrected chi connectivity index (χ1v) is 6.80. The molecule has 0 aromatic heterocycles. The molecule has 0 bridgehead atoms. The third kappa shape index (κ3) is 8.92. The molecule has 0 atom stereocenters. The van der Waals surface area contributed by atoms with Crippen LogP contribution in [0, 0.1) is 0 Å². The molecule has 0 amide bonds. The van der Waals surface area contributed by atoms with E-state index in [0.717, 1.165) is 11.3 Å². The van der Waals surface area contributed by atoms with Crippen LogP contribution in [0.25, 0.3) is 0 Å². The van der Waals surface area contributed by atoms with Gasteiger partial charge in [-0.15, -0.1) is 12.4 Å². The van der Waals surface area contributed by atoms with Crippen LogP contribution < -0.4 is 4.74 Å². The van der Waals surface area contributed by atoms with Gasteiger partial charge in [-0.2, -0.15) is 0 Å². The van der Waals surface area contributed by atoms with Gasteiger partial charge in [-0.05, 0) is 50.1 Å². The van der Waals surface area contributed by atoms with E-state index in [4.69, 9.17) is 14.3 Å². The van der Waals surface area contributed by atoms with E-state index in [1.54, 1.807) is 13.1 Å². The lowest BCUT2D eigenvalue weighted by Gasteiger charge is -2.06. The van der Waals surface area contributed by atoms with Crippen LogP contribution in [0.15, 0.2) is 29.4 Å². The van der Waals surface area contributed by atoms with Crippen LogP contribution in [0.3, 0.4) is 0 Å². The molecule has 6 heteroatoms. The third-order valence-corrected chi connectivity index (χ3v) is 2.38. The van der Waals surface area contributed by atoms with E-state index in [9.17, 15) is 4.79 Å². The Bertz CT molecular complexity index is 420. The maximum atomic E-state index is 11.1. The summed E-state index contributed by atoms with van der Waals surface area (Å²) in [6.07, 6.45) is 2.67. The highest BCUT2D eigenvalue weighted by Crippen LogP contribution is 2.11. The predicted molar refractivity (Wildman–Crippen MR) is 84.3 cm³/mol. The Balaban J connectivity index is 0.00000400. The lowest BCUT2D eigenvalue weighted by molar-refractivity contribution is -0.143. The van der Waals surface area contributed by atoms with Gasteiger partial charge in [-0.3, -0.25) is 4.79 Å². The lowest BCUT2D eigenvalue weighted by atomic mass is 10.2. The molecule has 21 heavy (non-hydrogen) atoms. The Morgan fingerprint density at radius 1 is 1.19 bits per heavy atom. The summed E-state index contributed by atoms with van der Waals surface area (Å²) < 4.78 is 10.4. The average Bonchev–Trinajstić information content (AvgIpc) is 2.46. The van der Waals surface area contributed by atoms with Crippen molar-refractivity contribution in [2.24, 2.45) is 5.16 Å². The van der Waals surface area contributed by atoms with Gasteiger partial charge in [0.1, 0.15) is 12.4 Å². The minimum absolute atomic E-state index is 0. The minimum atomic E-state index is -0.182. The lowest BCUT2D eigenvalue weighted by Crippen LogP contribution is -2.06. The number of halogens is 1. The Hall–Kier alpha value is -1.75. The van der Waals surface area contributed by atoms with Crippen molar-refractivity contribution < 1.29 is 19.1 Å². The van der Waals surface area contributed by atoms with Crippen LogP contribution in [0.1, 0.15) is 32.3 Å². The summed E-state index contributed by atoms with van der Waals surface area (Å²) in [6, 6.07) is 7.50. The zero-order chi connectivity index (χ0) is 14.6. The Morgan fingerprint density at radius 3 is 2.52 bits per heavy atom. The molecule has 0 spiro atoms. The number of benzene rings is 1. The van der Waals surface area contributed by atoms with Gasteiger partial charge in [-0.1, -0.05) is 5.16 Å². The second kappa shape index (κ2) is 12.0. The van der Waals surface area contributed by atoms with Gasteiger partial charge in [0.2, 0.25) is 0 Å². The van der Waals surface area contributed by atoms with Crippen LogP contribution >= 0.6 is 12.4 Å². The molecule has 0 saturated carbocycles. The normalized spacial score (nSPS) is 10.0. The van der Waals surface area contributed by atoms with Crippen molar-refractivity contribution >= 4 is 24.6 Å². The molecule has 1 aromatic rings. The van der Waals surface area contributed by atoms with E-state index in [-0.39, 0.29) is 18.4 Å². The number of carbonyl (C=O) groups is 1. The summed E-state index contributed by atoms with van der Waals surface area (Å²) in [5.74, 6) is 0.584. The Kier molecular flexibility index (Phi) is 11.0. The van der Waals surface area contributed by atoms with E-state index >= 15 is 0 Å². The van der Waals surface area contributed by atoms with Crippen LogP contribution in [0.4, 0.5) is 0 Å². The molecule has 1 rings (SSSR count). The van der Waals surface area contributed by atoms with Crippen LogP contribution in [-0.2, 0) is 14.4 Å². The highest BCUT2D eigenvalue weighted by Gasteiger charge is 2.01. The molecule has 0 aliphatic carbocycles. The highest BCUT2D eigenvalue weighted by molar-refractivity contribution is 5.85. The van der Waals surface area contributed by atoms with Crippen molar-refractivity contribution in [2.75, 3.05) is 19.8 Å². The number of nitrogens with zero attached hydrogens (tertiary/aromatic N) is 1. The molecular weight excluding hydrogens is 294 g/mol. The second-order valence-corrected chi connectivity index (χ2v) is 3.98. The molecule has 0 saturated heterocycles. The molecule has 0 radical (unpaired) electrons. The fourth-order valence-electron chi connectivity index (χ4n) is 1.46. The van der Waals surface area contributed by atoms with E-state index in [0.29, 0.717) is 32.7 Å². The summed E-state index contributed by atoms with van der Waals surface area (Å²) in [6.45, 7) is 5.14. The summed E-state index contributed by atoms with van der Waals surface area (Å²) in [7, 11) is 0. The van der Waals surface area contributed by atoms with Crippen molar-refractivity contribution in [1.29, 1.82) is 0 Å². The first-order chi connectivity index (χ1) is 9.76. The van der Waals surface area contributed by atoms with Crippen LogP contribution in [0.5, 0.6) is 5.75 Å². The monoisotopic (exact) mass is 315 g/mol. The summed E-state index contributed by atoms with van der Waals surface area (Å²) >= 11 is 0. The number of ether oxygens (including phenoxy) is 2. The highest BCUT2D eigenvalue weighted by atomic mass is 35.5. The van der Waals surface area contributed by atoms with Gasteiger partial charge >= 0.3 is 5.97 Å². The first kappa shape index (κ1) is 19.2. The maximum absolute atomic E-state index is 11.1. The number of carbonyl (C=O) groups excluding carboxylic acids is 1. The molecule has 0 aliphatic heterocycles. The van der Waals surface area contributed by atoms with Crippen molar-refractivity contribution in [3.05, 3.63) is 29.8 Å². The first-order valence-electron chi connectivity index (χ1n) is 6.80. The quantitative estimate of drug-likeness (QED) is 0.304. The largest absolute Gasteiger partial charge is 0.494 e. The molecular formula is C15H22ClNO4. The Labute approximate surface area is 131 Å². The second-order valence-electron chi connectivity index (χ2n) is 3.98. The van der Waals surface area contributed by atoms with Crippen molar-refractivity contribution in [3.8, 4) is 5.75 Å². The van der Waals surface area contributed by atoms with Crippen molar-refractivity contribution in [2.45, 2.75) is 26.7 Å². The molecule has 0 heterocycles. The van der Waals surface area contributed by atoms with Gasteiger partial charge in [0.25, 0.3) is 0 Å². The number of rotatable bonds is 9. The standard InChI is InChI=1S/C15H21NO4.ClH/c1-3-18-15(17)6-5-11-19-14-9-7-13(8-10-14)12-16-20-4-2;/h7-10,12H,3-6,11H2,1-2H3;1H/b16-12+;. The van der Waals surface area contributed by atoms with Crippen molar-refractivity contribution in [1.82, 2.24) is 0 Å². The molecule has 0 unspecified atom stereocenters. The van der Waals surface area contributed by atoms with Gasteiger partial charge < -0.3 is 14.3 Å². The smallest absolute Gasteiger partial charge is 0.305 e. The summed E-state index contributed by atoms with van der Waals surface area (Å²) in [5, 5.41) is 3.78. The van der Waals surface area contributed by atoms with E-state index in [1.807, 2.05) is 31.2 Å². The summed E-state index contributed by atoms with van der Waals surface area (Å²) in [5.41, 5.74) is 0.942. The zero-order valence-corrected chi connectivity index (χ0v) is 13.2. The average molecular weight is 316 g/mol. The van der Waals surface area contributed by atoms with Gasteiger partial charge in [0.05, 0.1) is 19.4 Å². The predicted octanol–water partition coefficient (Wildman–Crippen LogP) is 3.20. The van der Waals surface area contributed by atoms with Gasteiger partial charge in [-0.25, -0.2) is 0 Å². The molecule has 118 valence electrons. The number of oxime groups is 1. The van der Waals surface area contributed by atoms with Gasteiger partial charge in [0.15, 0.2) is 0 Å². The number of hydrogen-bond donors (Lipinski definition) is 0. The number of esters is 1. The fourth-order valence-corrected chi connectivity index (χ4v) is 1.46. The van der Waals surface area contributed by atoms with Gasteiger partial charge in [0, 0.05) is 6.42 Å². The maximum Gasteiger partial charge on any atom is 0.305 e. The van der Waals surface area contributed by atoms with E-state index in [1.165, 1.54) is 0 Å². The van der Waals surface area contributed by atoms with Crippen LogP contribution in [-0.4, -0.2) is 32.0 Å². The van der Waals surface area contributed by atoms with E-state index < -0.39 is 0 Å². The number of hydrogen-bond acceptors (Lipinski definition) is 5.